The number of ketones is 1. The third-order valence-electron chi connectivity index (χ3n) is 3.64. The number of hydrogen-bond acceptors (Lipinski definition) is 2. The highest BCUT2D eigenvalue weighted by Gasteiger charge is 2.29. The lowest BCUT2D eigenvalue weighted by atomic mass is 9.96. The number of aromatic nitrogens is 1. The molecule has 1 unspecified atom stereocenters. The Morgan fingerprint density at radius 3 is 2.80 bits per heavy atom. The van der Waals surface area contributed by atoms with Gasteiger partial charge >= 0.3 is 0 Å². The van der Waals surface area contributed by atoms with Crippen LogP contribution in [0, 0.1) is 12.8 Å². The Bertz CT molecular complexity index is 652. The van der Waals surface area contributed by atoms with Gasteiger partial charge < -0.3 is 0 Å². The third kappa shape index (κ3) is 2.54. The van der Waals surface area contributed by atoms with Gasteiger partial charge in [0.1, 0.15) is 6.54 Å². The molecule has 2 heterocycles. The summed E-state index contributed by atoms with van der Waals surface area (Å²) < 4.78 is 2.09. The minimum Gasteiger partial charge on any atom is -0.294 e. The predicted octanol–water partition coefficient (Wildman–Crippen LogP) is 2.86. The summed E-state index contributed by atoms with van der Waals surface area (Å²) >= 11 is 5.86. The van der Waals surface area contributed by atoms with Crippen LogP contribution in [-0.2, 0) is 6.54 Å². The maximum Gasteiger partial charge on any atom is 0.274 e. The molecule has 4 heteroatoms. The molecule has 0 saturated heterocycles. The van der Waals surface area contributed by atoms with Crippen LogP contribution in [0.5, 0.6) is 0 Å². The summed E-state index contributed by atoms with van der Waals surface area (Å²) in [7, 11) is 0. The van der Waals surface area contributed by atoms with Crippen LogP contribution in [0.1, 0.15) is 15.9 Å². The van der Waals surface area contributed by atoms with E-state index in [1.54, 1.807) is 24.3 Å². The van der Waals surface area contributed by atoms with E-state index in [1.165, 1.54) is 5.56 Å². The number of Topliss-reactive ketones (excluding diaryl/α,β-unsaturated/α-hetero) is 1. The minimum atomic E-state index is -0.0450. The number of carbonyl (C=O) groups is 1. The Balaban J connectivity index is 1.81. The molecule has 1 aliphatic rings. The standard InChI is InChI=1S/C16H15ClN2O/c1-11-6-7-19-10-13(9-18-15(19)8-11)16(20)12-2-4-14(17)5-3-12/h2-8,13H,9-10H2,1H3/p+1. The molecule has 2 aromatic rings. The van der Waals surface area contributed by atoms with Gasteiger partial charge in [-0.3, -0.25) is 10.1 Å². The van der Waals surface area contributed by atoms with Crippen molar-refractivity contribution in [2.75, 3.05) is 11.9 Å². The molecule has 0 amide bonds. The SMILES string of the molecule is Cc1cc[n+]2c(c1)NCC(C(=O)c1ccc(Cl)cc1)C2. The maximum absolute atomic E-state index is 12.5. The largest absolute Gasteiger partial charge is 0.294 e. The minimum absolute atomic E-state index is 0.0450. The molecule has 3 nitrogen and oxygen atoms in total. The number of carbonyl (C=O) groups excluding carboxylic acids is 1. The summed E-state index contributed by atoms with van der Waals surface area (Å²) in [5.74, 6) is 1.19. The van der Waals surface area contributed by atoms with Gasteiger partial charge in [0.2, 0.25) is 0 Å². The second-order valence-electron chi connectivity index (χ2n) is 5.19. The molecule has 3 rings (SSSR count). The van der Waals surface area contributed by atoms with E-state index in [2.05, 4.69) is 28.9 Å². The quantitative estimate of drug-likeness (QED) is 0.680. The maximum atomic E-state index is 12.5. The van der Waals surface area contributed by atoms with Crippen LogP contribution in [0.3, 0.4) is 0 Å². The van der Waals surface area contributed by atoms with Crippen LogP contribution >= 0.6 is 11.6 Å². The molecule has 0 spiro atoms. The zero-order chi connectivity index (χ0) is 14.1. The third-order valence-corrected chi connectivity index (χ3v) is 3.89. The highest BCUT2D eigenvalue weighted by Crippen LogP contribution is 2.17. The highest BCUT2D eigenvalue weighted by atomic mass is 35.5. The number of pyridine rings is 1. The first-order valence-corrected chi connectivity index (χ1v) is 7.05. The topological polar surface area (TPSA) is 33.0 Å². The molecular weight excluding hydrogens is 272 g/mol. The summed E-state index contributed by atoms with van der Waals surface area (Å²) in [6.45, 7) is 3.45. The molecule has 0 bridgehead atoms. The number of nitrogens with one attached hydrogen (secondary N) is 1. The van der Waals surface area contributed by atoms with Crippen molar-refractivity contribution in [1.29, 1.82) is 0 Å². The van der Waals surface area contributed by atoms with E-state index in [4.69, 9.17) is 11.6 Å². The average Bonchev–Trinajstić information content (AvgIpc) is 2.47. The Hall–Kier alpha value is -1.87. The van der Waals surface area contributed by atoms with Crippen molar-refractivity contribution in [1.82, 2.24) is 0 Å². The molecule has 0 aliphatic carbocycles. The lowest BCUT2D eigenvalue weighted by Gasteiger charge is -2.20. The van der Waals surface area contributed by atoms with Gasteiger partial charge in [0.15, 0.2) is 5.78 Å². The summed E-state index contributed by atoms with van der Waals surface area (Å²) in [5.41, 5.74) is 1.93. The summed E-state index contributed by atoms with van der Waals surface area (Å²) in [5, 5.41) is 3.98. The molecular formula is C16H16ClN2O+. The lowest BCUT2D eigenvalue weighted by Crippen LogP contribution is -2.49. The van der Waals surface area contributed by atoms with Gasteiger partial charge in [0.25, 0.3) is 5.82 Å². The van der Waals surface area contributed by atoms with E-state index in [9.17, 15) is 4.79 Å². The molecule has 102 valence electrons. The van der Waals surface area contributed by atoms with Gasteiger partial charge in [-0.1, -0.05) is 11.6 Å². The van der Waals surface area contributed by atoms with Crippen molar-refractivity contribution in [2.24, 2.45) is 5.92 Å². The first kappa shape index (κ1) is 13.1. The zero-order valence-electron chi connectivity index (χ0n) is 11.3. The summed E-state index contributed by atoms with van der Waals surface area (Å²) in [6, 6.07) is 11.3. The van der Waals surface area contributed by atoms with Gasteiger partial charge in [-0.2, -0.15) is 0 Å². The summed E-state index contributed by atoms with van der Waals surface area (Å²) in [6.07, 6.45) is 2.03. The smallest absolute Gasteiger partial charge is 0.274 e. The molecule has 1 aliphatic heterocycles. The number of aryl methyl sites for hydroxylation is 1. The number of anilines is 1. The highest BCUT2D eigenvalue weighted by molar-refractivity contribution is 6.30. The number of benzene rings is 1. The van der Waals surface area contributed by atoms with Crippen LogP contribution in [0.2, 0.25) is 5.02 Å². The van der Waals surface area contributed by atoms with Crippen molar-refractivity contribution in [3.05, 3.63) is 58.7 Å². The van der Waals surface area contributed by atoms with Crippen molar-refractivity contribution in [3.8, 4) is 0 Å². The Kier molecular flexibility index (Phi) is 3.45. The van der Waals surface area contributed by atoms with Crippen LogP contribution < -0.4 is 9.88 Å². The van der Waals surface area contributed by atoms with Gasteiger partial charge in [0.05, 0.1) is 18.7 Å². The molecule has 1 N–H and O–H groups in total. The molecule has 1 atom stereocenters. The predicted molar refractivity (Wildman–Crippen MR) is 79.1 cm³/mol. The molecule has 20 heavy (non-hydrogen) atoms. The van der Waals surface area contributed by atoms with Crippen molar-refractivity contribution in [2.45, 2.75) is 13.5 Å². The number of hydrogen-bond donors (Lipinski definition) is 1. The number of fused-ring (bicyclic) bond motifs is 1. The Morgan fingerprint density at radius 2 is 2.05 bits per heavy atom. The van der Waals surface area contributed by atoms with E-state index in [0.29, 0.717) is 18.1 Å². The van der Waals surface area contributed by atoms with Gasteiger partial charge in [-0.05, 0) is 42.8 Å². The first-order chi connectivity index (χ1) is 9.63. The number of rotatable bonds is 2. The van der Waals surface area contributed by atoms with Crippen LogP contribution in [0.25, 0.3) is 0 Å². The fraction of sp³-hybridized carbons (Fsp3) is 0.250. The zero-order valence-corrected chi connectivity index (χ0v) is 12.0. The van der Waals surface area contributed by atoms with Crippen molar-refractivity contribution < 1.29 is 9.36 Å². The van der Waals surface area contributed by atoms with Gasteiger partial charge in [-0.25, -0.2) is 4.57 Å². The number of nitrogens with zero attached hydrogens (tertiary/aromatic N) is 1. The monoisotopic (exact) mass is 287 g/mol. The molecule has 0 radical (unpaired) electrons. The van der Waals surface area contributed by atoms with E-state index >= 15 is 0 Å². The molecule has 1 aromatic carbocycles. The molecule has 0 saturated carbocycles. The Labute approximate surface area is 123 Å². The second-order valence-corrected chi connectivity index (χ2v) is 5.63. The molecule has 0 fully saturated rings. The second kappa shape index (κ2) is 5.25. The van der Waals surface area contributed by atoms with E-state index in [-0.39, 0.29) is 11.7 Å². The Morgan fingerprint density at radius 1 is 1.30 bits per heavy atom. The van der Waals surface area contributed by atoms with Crippen LogP contribution in [-0.4, -0.2) is 12.3 Å². The fourth-order valence-corrected chi connectivity index (χ4v) is 2.63. The summed E-state index contributed by atoms with van der Waals surface area (Å²) in [4.78, 5) is 12.5. The van der Waals surface area contributed by atoms with Crippen molar-refractivity contribution in [3.63, 3.8) is 0 Å². The van der Waals surface area contributed by atoms with Crippen LogP contribution in [0.4, 0.5) is 5.82 Å². The first-order valence-electron chi connectivity index (χ1n) is 6.67. The van der Waals surface area contributed by atoms with Gasteiger partial charge in [0, 0.05) is 16.7 Å². The van der Waals surface area contributed by atoms with E-state index in [1.807, 2.05) is 6.20 Å². The normalized spacial score (nSPS) is 17.2. The lowest BCUT2D eigenvalue weighted by molar-refractivity contribution is -0.690. The van der Waals surface area contributed by atoms with E-state index < -0.39 is 0 Å². The van der Waals surface area contributed by atoms with Crippen LogP contribution in [0.15, 0.2) is 42.6 Å². The van der Waals surface area contributed by atoms with Gasteiger partial charge in [-0.15, -0.1) is 0 Å². The average molecular weight is 288 g/mol. The fourth-order valence-electron chi connectivity index (χ4n) is 2.50. The molecule has 1 aromatic heterocycles. The van der Waals surface area contributed by atoms with Crippen molar-refractivity contribution >= 4 is 23.2 Å². The number of halogens is 1. The van der Waals surface area contributed by atoms with E-state index in [0.717, 1.165) is 11.4 Å².